The summed E-state index contributed by atoms with van der Waals surface area (Å²) < 4.78 is 5.09. The van der Waals surface area contributed by atoms with Crippen LogP contribution < -0.4 is 4.74 Å². The quantitative estimate of drug-likeness (QED) is 0.789. The van der Waals surface area contributed by atoms with Gasteiger partial charge in [-0.25, -0.2) is 0 Å². The molecule has 0 aliphatic heterocycles. The fourth-order valence-corrected chi connectivity index (χ4v) is 2.07. The van der Waals surface area contributed by atoms with E-state index in [0.29, 0.717) is 17.5 Å². The van der Waals surface area contributed by atoms with Crippen molar-refractivity contribution in [1.82, 2.24) is 0 Å². The number of carbonyl (C=O) groups excluding carboxylic acids is 1. The largest absolute Gasteiger partial charge is 0.497 e. The first kappa shape index (κ1) is 17.5. The van der Waals surface area contributed by atoms with Crippen molar-refractivity contribution in [3.05, 3.63) is 64.7 Å². The lowest BCUT2D eigenvalue weighted by Crippen LogP contribution is -2.05. The number of rotatable bonds is 4. The van der Waals surface area contributed by atoms with Crippen molar-refractivity contribution in [2.24, 2.45) is 0 Å². The van der Waals surface area contributed by atoms with Gasteiger partial charge in [0.15, 0.2) is 5.78 Å². The van der Waals surface area contributed by atoms with Gasteiger partial charge in [0.05, 0.1) is 18.7 Å². The third-order valence-corrected chi connectivity index (χ3v) is 3.18. The van der Waals surface area contributed by atoms with E-state index in [1.54, 1.807) is 25.3 Å². The zero-order valence-corrected chi connectivity index (χ0v) is 13.5. The Labute approximate surface area is 132 Å². The van der Waals surface area contributed by atoms with E-state index in [1.165, 1.54) is 0 Å². The van der Waals surface area contributed by atoms with Crippen molar-refractivity contribution in [1.29, 1.82) is 5.26 Å². The van der Waals surface area contributed by atoms with Crippen LogP contribution in [0.1, 0.15) is 40.9 Å². The Balaban J connectivity index is 0.00000116. The summed E-state index contributed by atoms with van der Waals surface area (Å²) in [6.45, 7) is 5.85. The summed E-state index contributed by atoms with van der Waals surface area (Å²) in [4.78, 5) is 12.3. The number of hydrogen-bond acceptors (Lipinski definition) is 3. The fourth-order valence-electron chi connectivity index (χ4n) is 2.07. The molecule has 0 aromatic heterocycles. The van der Waals surface area contributed by atoms with Gasteiger partial charge in [0.1, 0.15) is 5.75 Å². The number of methoxy groups -OCH3 is 1. The van der Waals surface area contributed by atoms with Crippen LogP contribution in [0.4, 0.5) is 0 Å². The zero-order chi connectivity index (χ0) is 16.5. The molecule has 0 fully saturated rings. The molecule has 0 atom stereocenters. The number of nitriles is 1. The number of ether oxygens (including phenoxy) is 1. The number of carbonyl (C=O) groups is 1. The molecule has 3 heteroatoms. The Bertz CT molecular complexity index is 667. The van der Waals surface area contributed by atoms with Gasteiger partial charge in [-0.3, -0.25) is 4.79 Å². The normalized spacial score (nSPS) is 9.23. The molecule has 3 nitrogen and oxygen atoms in total. The third-order valence-electron chi connectivity index (χ3n) is 3.18. The Morgan fingerprint density at radius 2 is 1.77 bits per heavy atom. The number of nitrogens with zero attached hydrogens (tertiary/aromatic N) is 1. The number of benzene rings is 2. The summed E-state index contributed by atoms with van der Waals surface area (Å²) in [5.41, 5.74) is 3.02. The van der Waals surface area contributed by atoms with E-state index in [2.05, 4.69) is 6.07 Å². The smallest absolute Gasteiger partial charge is 0.167 e. The molecule has 2 rings (SSSR count). The average Bonchev–Trinajstić information content (AvgIpc) is 2.57. The zero-order valence-electron chi connectivity index (χ0n) is 13.5. The topological polar surface area (TPSA) is 50.1 Å². The van der Waals surface area contributed by atoms with Crippen molar-refractivity contribution in [2.75, 3.05) is 7.11 Å². The summed E-state index contributed by atoms with van der Waals surface area (Å²) in [5, 5.41) is 8.83. The van der Waals surface area contributed by atoms with Gasteiger partial charge in [-0.1, -0.05) is 26.0 Å². The second kappa shape index (κ2) is 8.63. The maximum Gasteiger partial charge on any atom is 0.167 e. The molecule has 0 radical (unpaired) electrons. The van der Waals surface area contributed by atoms with Gasteiger partial charge in [-0.15, -0.1) is 0 Å². The van der Waals surface area contributed by atoms with Crippen LogP contribution in [0.25, 0.3) is 0 Å². The number of Topliss-reactive ketones (excluding diaryl/α,β-unsaturated/α-hetero) is 1. The van der Waals surface area contributed by atoms with Gasteiger partial charge in [0, 0.05) is 12.0 Å². The van der Waals surface area contributed by atoms with E-state index in [9.17, 15) is 4.79 Å². The van der Waals surface area contributed by atoms with Crippen molar-refractivity contribution >= 4 is 5.78 Å². The van der Waals surface area contributed by atoms with E-state index in [0.717, 1.165) is 16.9 Å². The predicted octanol–water partition coefficient (Wildman–Crippen LogP) is 4.33. The molecular formula is C19H21NO2. The second-order valence-corrected chi connectivity index (χ2v) is 4.59. The summed E-state index contributed by atoms with van der Waals surface area (Å²) in [5.74, 6) is 0.827. The molecule has 22 heavy (non-hydrogen) atoms. The van der Waals surface area contributed by atoms with Crippen LogP contribution in [0.3, 0.4) is 0 Å². The van der Waals surface area contributed by atoms with Gasteiger partial charge in [0.25, 0.3) is 0 Å². The Morgan fingerprint density at radius 3 is 2.27 bits per heavy atom. The van der Waals surface area contributed by atoms with Crippen LogP contribution in [-0.2, 0) is 6.42 Å². The Morgan fingerprint density at radius 1 is 1.14 bits per heavy atom. The molecule has 0 aliphatic carbocycles. The summed E-state index contributed by atoms with van der Waals surface area (Å²) in [6.07, 6.45) is 0.344. The molecule has 114 valence electrons. The average molecular weight is 295 g/mol. The molecule has 0 N–H and O–H groups in total. The first-order chi connectivity index (χ1) is 10.6. The van der Waals surface area contributed by atoms with E-state index in [4.69, 9.17) is 10.00 Å². The molecular weight excluding hydrogens is 274 g/mol. The van der Waals surface area contributed by atoms with E-state index < -0.39 is 0 Å². The summed E-state index contributed by atoms with van der Waals surface area (Å²) in [6, 6.07) is 14.7. The van der Waals surface area contributed by atoms with Crippen molar-refractivity contribution < 1.29 is 9.53 Å². The van der Waals surface area contributed by atoms with Gasteiger partial charge in [0.2, 0.25) is 0 Å². The van der Waals surface area contributed by atoms with Gasteiger partial charge in [-0.05, 0) is 48.4 Å². The van der Waals surface area contributed by atoms with Crippen molar-refractivity contribution in [2.45, 2.75) is 27.2 Å². The molecule has 0 saturated carbocycles. The highest BCUT2D eigenvalue weighted by molar-refractivity contribution is 5.98. The molecule has 0 heterocycles. The van der Waals surface area contributed by atoms with E-state index >= 15 is 0 Å². The van der Waals surface area contributed by atoms with Crippen molar-refractivity contribution in [3.8, 4) is 11.8 Å². The highest BCUT2D eigenvalue weighted by atomic mass is 16.5. The lowest BCUT2D eigenvalue weighted by molar-refractivity contribution is 0.0992. The second-order valence-electron chi connectivity index (χ2n) is 4.59. The maximum absolute atomic E-state index is 12.3. The van der Waals surface area contributed by atoms with Crippen LogP contribution in [0.2, 0.25) is 0 Å². The highest BCUT2D eigenvalue weighted by Gasteiger charge is 2.10. The van der Waals surface area contributed by atoms with Crippen LogP contribution in [0.5, 0.6) is 5.75 Å². The van der Waals surface area contributed by atoms with Crippen LogP contribution >= 0.6 is 0 Å². The van der Waals surface area contributed by atoms with Crippen molar-refractivity contribution in [3.63, 3.8) is 0 Å². The number of ketones is 1. The molecule has 0 saturated heterocycles. The standard InChI is InChI=1S/C17H15NO2.C2H6/c1-12-9-14(11-18)5-8-16(12)17(19)10-13-3-6-15(20-2)7-4-13;1-2/h3-9H,10H2,1-2H3;1-2H3. The molecule has 2 aromatic carbocycles. The molecule has 0 spiro atoms. The first-order valence-electron chi connectivity index (χ1n) is 7.31. The van der Waals surface area contributed by atoms with Crippen LogP contribution in [0, 0.1) is 18.3 Å². The molecule has 0 bridgehead atoms. The summed E-state index contributed by atoms with van der Waals surface area (Å²) >= 11 is 0. The Hall–Kier alpha value is -2.60. The maximum atomic E-state index is 12.3. The minimum absolute atomic E-state index is 0.0529. The minimum atomic E-state index is 0.0529. The lowest BCUT2D eigenvalue weighted by Gasteiger charge is -2.06. The SMILES string of the molecule is CC.COc1ccc(CC(=O)c2ccc(C#N)cc2C)cc1. The first-order valence-corrected chi connectivity index (χ1v) is 7.31. The van der Waals surface area contributed by atoms with Gasteiger partial charge in [-0.2, -0.15) is 5.26 Å². The van der Waals surface area contributed by atoms with Crippen LogP contribution in [-0.4, -0.2) is 12.9 Å². The summed E-state index contributed by atoms with van der Waals surface area (Å²) in [7, 11) is 1.61. The van der Waals surface area contributed by atoms with E-state index in [1.807, 2.05) is 45.0 Å². The molecule has 2 aromatic rings. The molecule has 0 aliphatic rings. The van der Waals surface area contributed by atoms with Crippen LogP contribution in [0.15, 0.2) is 42.5 Å². The minimum Gasteiger partial charge on any atom is -0.497 e. The predicted molar refractivity (Wildman–Crippen MR) is 88.3 cm³/mol. The monoisotopic (exact) mass is 295 g/mol. The highest BCUT2D eigenvalue weighted by Crippen LogP contribution is 2.16. The number of hydrogen-bond donors (Lipinski definition) is 0. The third kappa shape index (κ3) is 4.46. The number of aryl methyl sites for hydroxylation is 1. The van der Waals surface area contributed by atoms with Gasteiger partial charge >= 0.3 is 0 Å². The van der Waals surface area contributed by atoms with E-state index in [-0.39, 0.29) is 5.78 Å². The molecule has 0 unspecified atom stereocenters. The Kier molecular flexibility index (Phi) is 6.85. The van der Waals surface area contributed by atoms with Gasteiger partial charge < -0.3 is 4.74 Å². The fraction of sp³-hybridized carbons (Fsp3) is 0.263. The lowest BCUT2D eigenvalue weighted by atomic mass is 9.98. The molecule has 0 amide bonds.